The number of nitrogens with two attached hydrogens (primary N) is 1. The van der Waals surface area contributed by atoms with Crippen LogP contribution in [-0.4, -0.2) is 43.4 Å². The first-order chi connectivity index (χ1) is 9.91. The van der Waals surface area contributed by atoms with Crippen molar-refractivity contribution in [3.05, 3.63) is 35.9 Å². The van der Waals surface area contributed by atoms with Gasteiger partial charge in [0.1, 0.15) is 0 Å². The van der Waals surface area contributed by atoms with E-state index in [4.69, 9.17) is 10.5 Å². The molecule has 1 aromatic carbocycles. The van der Waals surface area contributed by atoms with Crippen LogP contribution in [0.3, 0.4) is 0 Å². The van der Waals surface area contributed by atoms with E-state index in [2.05, 4.69) is 5.32 Å². The molecule has 0 saturated carbocycles. The van der Waals surface area contributed by atoms with Gasteiger partial charge in [0, 0.05) is 26.2 Å². The molecule has 0 aliphatic carbocycles. The van der Waals surface area contributed by atoms with E-state index in [-0.39, 0.29) is 18.9 Å². The number of benzene rings is 1. The third-order valence-corrected chi connectivity index (χ3v) is 2.65. The number of hydrogen-bond donors (Lipinski definition) is 2. The molecule has 21 heavy (non-hydrogen) atoms. The maximum Gasteiger partial charge on any atom is 0.312 e. The summed E-state index contributed by atoms with van der Waals surface area (Å²) < 4.78 is 5.22. The predicted octanol–water partition coefficient (Wildman–Crippen LogP) is 0.418. The first-order valence-electron chi connectivity index (χ1n) is 6.40. The Labute approximate surface area is 123 Å². The second-order valence-corrected chi connectivity index (χ2v) is 4.55. The van der Waals surface area contributed by atoms with E-state index in [1.807, 2.05) is 0 Å². The normalized spacial score (nSPS) is 11.3. The largest absolute Gasteiger partial charge is 0.447 e. The Morgan fingerprint density at radius 1 is 1.24 bits per heavy atom. The highest BCUT2D eigenvalue weighted by molar-refractivity contribution is 5.84. The zero-order chi connectivity index (χ0) is 15.8. The first kappa shape index (κ1) is 16.5. The summed E-state index contributed by atoms with van der Waals surface area (Å²) in [5.41, 5.74) is 5.49. The summed E-state index contributed by atoms with van der Waals surface area (Å²) in [5, 5.41) is 2.28. The van der Waals surface area contributed by atoms with Gasteiger partial charge in [0.15, 0.2) is 0 Å². The number of carbonyl (C=O) groups is 3. The third kappa shape index (κ3) is 5.52. The summed E-state index contributed by atoms with van der Waals surface area (Å²) in [7, 11) is 3.17. The van der Waals surface area contributed by atoms with Gasteiger partial charge in [0.2, 0.25) is 6.10 Å². The lowest BCUT2D eigenvalue weighted by molar-refractivity contribution is -0.159. The standard InChI is InChI=1S/C14H19N3O4/c1-17(2)13(19)12(10-6-4-3-5-7-10)21-11(18)8-9-16-14(15)20/h3-7,12H,8-9H2,1-2H3,(H3,15,16,20)/t12-/m0/s1. The minimum absolute atomic E-state index is 0.0613. The molecule has 0 bridgehead atoms. The van der Waals surface area contributed by atoms with E-state index in [1.165, 1.54) is 4.90 Å². The molecule has 0 aliphatic heterocycles. The Kier molecular flexibility index (Phi) is 6.19. The molecule has 0 saturated heterocycles. The fourth-order valence-electron chi connectivity index (χ4n) is 1.60. The second-order valence-electron chi connectivity index (χ2n) is 4.55. The van der Waals surface area contributed by atoms with Crippen molar-refractivity contribution in [2.75, 3.05) is 20.6 Å². The Bertz CT molecular complexity index is 502. The molecule has 0 spiro atoms. The Hall–Kier alpha value is -2.57. The molecule has 0 aromatic heterocycles. The lowest BCUT2D eigenvalue weighted by Gasteiger charge is -2.21. The number of amides is 3. The maximum absolute atomic E-state index is 12.1. The molecule has 0 heterocycles. The Balaban J connectivity index is 2.72. The molecule has 3 amide bonds. The maximum atomic E-state index is 12.1. The fourth-order valence-corrected chi connectivity index (χ4v) is 1.60. The molecule has 1 rings (SSSR count). The van der Waals surface area contributed by atoms with Crippen LogP contribution in [0.25, 0.3) is 0 Å². The van der Waals surface area contributed by atoms with Crippen LogP contribution >= 0.6 is 0 Å². The molecule has 7 nitrogen and oxygen atoms in total. The van der Waals surface area contributed by atoms with Crippen LogP contribution < -0.4 is 11.1 Å². The summed E-state index contributed by atoms with van der Waals surface area (Å²) in [6.45, 7) is 0.0613. The van der Waals surface area contributed by atoms with Crippen molar-refractivity contribution in [1.29, 1.82) is 0 Å². The van der Waals surface area contributed by atoms with Gasteiger partial charge in [0.05, 0.1) is 6.42 Å². The van der Waals surface area contributed by atoms with Crippen LogP contribution in [0.4, 0.5) is 4.79 Å². The summed E-state index contributed by atoms with van der Waals surface area (Å²) in [4.78, 5) is 35.7. The van der Waals surface area contributed by atoms with Crippen molar-refractivity contribution in [3.8, 4) is 0 Å². The van der Waals surface area contributed by atoms with Gasteiger partial charge in [0.25, 0.3) is 5.91 Å². The van der Waals surface area contributed by atoms with Crippen molar-refractivity contribution in [2.24, 2.45) is 5.73 Å². The molecular formula is C14H19N3O4. The van der Waals surface area contributed by atoms with Crippen LogP contribution in [0.5, 0.6) is 0 Å². The minimum Gasteiger partial charge on any atom is -0.447 e. The van der Waals surface area contributed by atoms with E-state index in [0.717, 1.165) is 0 Å². The van der Waals surface area contributed by atoms with Crippen LogP contribution in [0.2, 0.25) is 0 Å². The van der Waals surface area contributed by atoms with Crippen LogP contribution in [0, 0.1) is 0 Å². The molecule has 0 aliphatic rings. The molecule has 0 fully saturated rings. The Morgan fingerprint density at radius 3 is 2.38 bits per heavy atom. The SMILES string of the molecule is CN(C)C(=O)[C@@H](OC(=O)CCNC(N)=O)c1ccccc1. The smallest absolute Gasteiger partial charge is 0.312 e. The molecule has 1 atom stereocenters. The number of esters is 1. The van der Waals surface area contributed by atoms with Crippen molar-refractivity contribution in [1.82, 2.24) is 10.2 Å². The molecule has 3 N–H and O–H groups in total. The van der Waals surface area contributed by atoms with E-state index in [1.54, 1.807) is 44.4 Å². The van der Waals surface area contributed by atoms with Gasteiger partial charge < -0.3 is 20.7 Å². The number of carbonyl (C=O) groups excluding carboxylic acids is 3. The number of hydrogen-bond acceptors (Lipinski definition) is 4. The molecule has 114 valence electrons. The minimum atomic E-state index is -0.998. The third-order valence-electron chi connectivity index (χ3n) is 2.65. The lowest BCUT2D eigenvalue weighted by atomic mass is 10.1. The monoisotopic (exact) mass is 293 g/mol. The fraction of sp³-hybridized carbons (Fsp3) is 0.357. The molecular weight excluding hydrogens is 274 g/mol. The number of nitrogens with zero attached hydrogens (tertiary/aromatic N) is 1. The molecule has 0 radical (unpaired) electrons. The average molecular weight is 293 g/mol. The summed E-state index contributed by atoms with van der Waals surface area (Å²) in [6.07, 6.45) is -1.06. The van der Waals surface area contributed by atoms with Crippen molar-refractivity contribution in [3.63, 3.8) is 0 Å². The number of nitrogens with one attached hydrogen (secondary N) is 1. The number of urea groups is 1. The van der Waals surface area contributed by atoms with Crippen molar-refractivity contribution >= 4 is 17.9 Å². The van der Waals surface area contributed by atoms with Crippen LogP contribution in [-0.2, 0) is 14.3 Å². The number of ether oxygens (including phenoxy) is 1. The highest BCUT2D eigenvalue weighted by atomic mass is 16.5. The van der Waals surface area contributed by atoms with E-state index >= 15 is 0 Å². The highest BCUT2D eigenvalue weighted by Crippen LogP contribution is 2.19. The number of primary amides is 1. The summed E-state index contributed by atoms with van der Waals surface area (Å²) in [6, 6.07) is 8.02. The van der Waals surface area contributed by atoms with Gasteiger partial charge in [-0.15, -0.1) is 0 Å². The van der Waals surface area contributed by atoms with Crippen LogP contribution in [0.1, 0.15) is 18.1 Å². The average Bonchev–Trinajstić information content (AvgIpc) is 2.44. The molecule has 1 aromatic rings. The van der Waals surface area contributed by atoms with Crippen molar-refractivity contribution in [2.45, 2.75) is 12.5 Å². The zero-order valence-electron chi connectivity index (χ0n) is 12.0. The molecule has 7 heteroatoms. The summed E-state index contributed by atoms with van der Waals surface area (Å²) >= 11 is 0. The van der Waals surface area contributed by atoms with E-state index in [0.29, 0.717) is 5.56 Å². The summed E-state index contributed by atoms with van der Waals surface area (Å²) in [5.74, 6) is -0.926. The topological polar surface area (TPSA) is 102 Å². The van der Waals surface area contributed by atoms with Crippen LogP contribution in [0.15, 0.2) is 30.3 Å². The Morgan fingerprint density at radius 2 is 1.86 bits per heavy atom. The zero-order valence-corrected chi connectivity index (χ0v) is 12.0. The quantitative estimate of drug-likeness (QED) is 0.742. The van der Waals surface area contributed by atoms with Gasteiger partial charge in [-0.2, -0.15) is 0 Å². The number of likely N-dealkylation sites (N-methyl/N-ethyl adjacent to an activating group) is 1. The van der Waals surface area contributed by atoms with Gasteiger partial charge in [-0.05, 0) is 0 Å². The van der Waals surface area contributed by atoms with Gasteiger partial charge >= 0.3 is 12.0 Å². The first-order valence-corrected chi connectivity index (χ1v) is 6.40. The van der Waals surface area contributed by atoms with E-state index in [9.17, 15) is 14.4 Å². The van der Waals surface area contributed by atoms with Crippen molar-refractivity contribution < 1.29 is 19.1 Å². The van der Waals surface area contributed by atoms with Gasteiger partial charge in [-0.3, -0.25) is 9.59 Å². The highest BCUT2D eigenvalue weighted by Gasteiger charge is 2.26. The molecule has 0 unspecified atom stereocenters. The van der Waals surface area contributed by atoms with Gasteiger partial charge in [-0.1, -0.05) is 30.3 Å². The lowest BCUT2D eigenvalue weighted by Crippen LogP contribution is -2.33. The number of rotatable bonds is 6. The van der Waals surface area contributed by atoms with Gasteiger partial charge in [-0.25, -0.2) is 4.79 Å². The second kappa shape index (κ2) is 7.88. The van der Waals surface area contributed by atoms with E-state index < -0.39 is 18.1 Å². The predicted molar refractivity (Wildman–Crippen MR) is 76.2 cm³/mol.